The van der Waals surface area contributed by atoms with E-state index in [9.17, 15) is 18.4 Å². The Kier molecular flexibility index (Phi) is 5.52. The van der Waals surface area contributed by atoms with Gasteiger partial charge in [0.1, 0.15) is 11.6 Å². The number of carbonyl (C=O) groups excluding carboxylic acids is 2. The molecule has 0 aliphatic carbocycles. The smallest absolute Gasteiger partial charge is 0.291 e. The summed E-state index contributed by atoms with van der Waals surface area (Å²) in [5, 5.41) is 6.50. The number of amides is 2. The molecular weight excluding hydrogens is 362 g/mol. The van der Waals surface area contributed by atoms with Gasteiger partial charge in [0.25, 0.3) is 11.8 Å². The zero-order valence-electron chi connectivity index (χ0n) is 13.4. The van der Waals surface area contributed by atoms with Gasteiger partial charge in [-0.3, -0.25) is 9.59 Å². The van der Waals surface area contributed by atoms with Gasteiger partial charge in [0.2, 0.25) is 0 Å². The molecule has 0 saturated carbocycles. The van der Waals surface area contributed by atoms with Crippen molar-refractivity contribution in [2.45, 2.75) is 0 Å². The number of hydrogen-bond donors (Lipinski definition) is 2. The predicted octanol–water partition coefficient (Wildman–Crippen LogP) is 3.76. The van der Waals surface area contributed by atoms with Crippen molar-refractivity contribution < 1.29 is 23.1 Å². The van der Waals surface area contributed by atoms with Gasteiger partial charge in [-0.15, -0.1) is 11.8 Å². The summed E-state index contributed by atoms with van der Waals surface area (Å²) >= 11 is 1.45. The zero-order valence-corrected chi connectivity index (χ0v) is 14.2. The number of halogens is 2. The van der Waals surface area contributed by atoms with Gasteiger partial charge >= 0.3 is 0 Å². The molecule has 3 rings (SSSR count). The molecule has 2 aromatic carbocycles. The Hall–Kier alpha value is -2.87. The van der Waals surface area contributed by atoms with Crippen LogP contribution >= 0.6 is 11.8 Å². The molecule has 0 bridgehead atoms. The fourth-order valence-electron chi connectivity index (χ4n) is 2.24. The van der Waals surface area contributed by atoms with Crippen molar-refractivity contribution in [3.8, 4) is 0 Å². The lowest BCUT2D eigenvalue weighted by Crippen LogP contribution is -2.22. The predicted molar refractivity (Wildman–Crippen MR) is 95.9 cm³/mol. The Bertz CT molecular complexity index is 886. The van der Waals surface area contributed by atoms with Crippen molar-refractivity contribution in [3.05, 3.63) is 70.8 Å². The van der Waals surface area contributed by atoms with E-state index in [1.165, 1.54) is 23.9 Å². The van der Waals surface area contributed by atoms with Gasteiger partial charge in [0.05, 0.1) is 23.5 Å². The molecular formula is C18H14F2N2O3S. The molecule has 0 atom stereocenters. The maximum atomic E-state index is 13.7. The largest absolute Gasteiger partial charge is 0.487 e. The van der Waals surface area contributed by atoms with Crippen LogP contribution in [0.1, 0.15) is 10.4 Å². The third-order valence-electron chi connectivity index (χ3n) is 3.47. The molecule has 2 N–H and O–H groups in total. The van der Waals surface area contributed by atoms with E-state index in [2.05, 4.69) is 10.6 Å². The van der Waals surface area contributed by atoms with Crippen molar-refractivity contribution in [2.75, 3.05) is 23.0 Å². The molecule has 2 amide bonds. The number of anilines is 2. The van der Waals surface area contributed by atoms with E-state index in [0.717, 1.165) is 24.0 Å². The van der Waals surface area contributed by atoms with Crippen molar-refractivity contribution in [1.29, 1.82) is 0 Å². The fraction of sp³-hybridized carbons (Fsp3) is 0.111. The zero-order chi connectivity index (χ0) is 18.5. The van der Waals surface area contributed by atoms with Crippen LogP contribution in [0.3, 0.4) is 0 Å². The lowest BCUT2D eigenvalue weighted by Gasteiger charge is -2.16. The summed E-state index contributed by atoms with van der Waals surface area (Å²) < 4.78 is 32.3. The van der Waals surface area contributed by atoms with E-state index in [1.807, 2.05) is 0 Å². The van der Waals surface area contributed by atoms with E-state index < -0.39 is 23.4 Å². The van der Waals surface area contributed by atoms with Gasteiger partial charge in [0.15, 0.2) is 5.76 Å². The number of ether oxygens (including phenoxy) is 1. The molecule has 1 aliphatic heterocycles. The Morgan fingerprint density at radius 2 is 1.77 bits per heavy atom. The monoisotopic (exact) mass is 376 g/mol. The van der Waals surface area contributed by atoms with Crippen molar-refractivity contribution in [1.82, 2.24) is 0 Å². The SMILES string of the molecule is O=C(Nc1ccccc1C(=O)Nc1cc(F)ccc1F)C1=CSCCO1. The third kappa shape index (κ3) is 4.20. The quantitative estimate of drug-likeness (QED) is 0.853. The van der Waals surface area contributed by atoms with Gasteiger partial charge in [-0.05, 0) is 24.3 Å². The Labute approximate surface area is 152 Å². The van der Waals surface area contributed by atoms with Crippen molar-refractivity contribution in [2.24, 2.45) is 0 Å². The summed E-state index contributed by atoms with van der Waals surface area (Å²) in [4.78, 5) is 24.7. The number of benzene rings is 2. The summed E-state index contributed by atoms with van der Waals surface area (Å²) in [6, 6.07) is 8.99. The minimum absolute atomic E-state index is 0.105. The van der Waals surface area contributed by atoms with Crippen LogP contribution in [0.5, 0.6) is 0 Å². The van der Waals surface area contributed by atoms with Crippen LogP contribution in [-0.4, -0.2) is 24.2 Å². The first-order valence-electron chi connectivity index (χ1n) is 7.66. The Morgan fingerprint density at radius 1 is 1.00 bits per heavy atom. The first-order chi connectivity index (χ1) is 12.5. The maximum Gasteiger partial charge on any atom is 0.291 e. The topological polar surface area (TPSA) is 67.4 Å². The third-order valence-corrected chi connectivity index (χ3v) is 4.25. The van der Waals surface area contributed by atoms with E-state index >= 15 is 0 Å². The maximum absolute atomic E-state index is 13.7. The highest BCUT2D eigenvalue weighted by Gasteiger charge is 2.19. The molecule has 0 saturated heterocycles. The van der Waals surface area contributed by atoms with Crippen LogP contribution in [0, 0.1) is 11.6 Å². The molecule has 8 heteroatoms. The number of rotatable bonds is 4. The fourth-order valence-corrected chi connectivity index (χ4v) is 2.87. The van der Waals surface area contributed by atoms with Crippen LogP contribution in [0.4, 0.5) is 20.2 Å². The second-order valence-corrected chi connectivity index (χ2v) is 6.26. The number of thioether (sulfide) groups is 1. The lowest BCUT2D eigenvalue weighted by atomic mass is 10.1. The molecule has 1 heterocycles. The molecule has 1 aliphatic rings. The van der Waals surface area contributed by atoms with Crippen LogP contribution in [0.15, 0.2) is 53.6 Å². The number of nitrogens with one attached hydrogen (secondary N) is 2. The summed E-state index contributed by atoms with van der Waals surface area (Å²) in [7, 11) is 0. The normalized spacial score (nSPS) is 13.4. The molecule has 0 spiro atoms. The molecule has 0 aromatic heterocycles. The van der Waals surface area contributed by atoms with Crippen LogP contribution < -0.4 is 10.6 Å². The summed E-state index contributed by atoms with van der Waals surface area (Å²) in [6.45, 7) is 0.422. The Morgan fingerprint density at radius 3 is 2.54 bits per heavy atom. The number of hydrogen-bond acceptors (Lipinski definition) is 4. The molecule has 134 valence electrons. The second-order valence-electron chi connectivity index (χ2n) is 5.28. The highest BCUT2D eigenvalue weighted by molar-refractivity contribution is 8.02. The van der Waals surface area contributed by atoms with E-state index in [4.69, 9.17) is 4.74 Å². The van der Waals surface area contributed by atoms with E-state index in [-0.39, 0.29) is 22.7 Å². The summed E-state index contributed by atoms with van der Waals surface area (Å²) in [5.41, 5.74) is 0.0475. The minimum Gasteiger partial charge on any atom is -0.487 e. The Balaban J connectivity index is 1.80. The second kappa shape index (κ2) is 8.01. The highest BCUT2D eigenvalue weighted by atomic mass is 32.2. The van der Waals surface area contributed by atoms with Crippen LogP contribution in [0.25, 0.3) is 0 Å². The molecule has 0 fully saturated rings. The molecule has 0 radical (unpaired) electrons. The molecule has 5 nitrogen and oxygen atoms in total. The highest BCUT2D eigenvalue weighted by Crippen LogP contribution is 2.22. The van der Waals surface area contributed by atoms with Gasteiger partial charge in [-0.25, -0.2) is 8.78 Å². The molecule has 26 heavy (non-hydrogen) atoms. The average Bonchev–Trinajstić information content (AvgIpc) is 2.66. The lowest BCUT2D eigenvalue weighted by molar-refractivity contribution is -0.116. The first-order valence-corrected chi connectivity index (χ1v) is 8.71. The van der Waals surface area contributed by atoms with Gasteiger partial charge < -0.3 is 15.4 Å². The first kappa shape index (κ1) is 17.9. The van der Waals surface area contributed by atoms with Gasteiger partial charge in [0, 0.05) is 17.2 Å². The standard InChI is InChI=1S/C18H14F2N2O3S/c19-11-5-6-13(20)15(9-11)22-17(23)12-3-1-2-4-14(12)21-18(24)16-10-26-8-7-25-16/h1-6,9-10H,7-8H2,(H,21,24)(H,22,23). The molecule has 0 unspecified atom stereocenters. The summed E-state index contributed by atoms with van der Waals surface area (Å²) in [6.07, 6.45) is 0. The van der Waals surface area contributed by atoms with Gasteiger partial charge in [-0.1, -0.05) is 12.1 Å². The van der Waals surface area contributed by atoms with Crippen molar-refractivity contribution in [3.63, 3.8) is 0 Å². The summed E-state index contributed by atoms with van der Waals surface area (Å²) in [5.74, 6) is -1.70. The number of para-hydroxylation sites is 1. The minimum atomic E-state index is -0.765. The van der Waals surface area contributed by atoms with E-state index in [1.54, 1.807) is 17.5 Å². The number of carbonyl (C=O) groups is 2. The average molecular weight is 376 g/mol. The van der Waals surface area contributed by atoms with Gasteiger partial charge in [-0.2, -0.15) is 0 Å². The molecule has 2 aromatic rings. The van der Waals surface area contributed by atoms with Crippen molar-refractivity contribution >= 4 is 35.0 Å². The van der Waals surface area contributed by atoms with E-state index in [0.29, 0.717) is 6.61 Å². The van der Waals surface area contributed by atoms with Crippen LogP contribution in [0.2, 0.25) is 0 Å². The van der Waals surface area contributed by atoms with Crippen LogP contribution in [-0.2, 0) is 9.53 Å².